The molecule has 1 aromatic heterocycles. The largest absolute Gasteiger partial charge is 0.318 e. The van der Waals surface area contributed by atoms with E-state index in [4.69, 9.17) is 11.6 Å². The number of carbonyl (C=O) groups excluding carboxylic acids is 2. The van der Waals surface area contributed by atoms with Crippen LogP contribution >= 0.6 is 27.5 Å². The quantitative estimate of drug-likeness (QED) is 0.371. The molecule has 4 atom stereocenters. The van der Waals surface area contributed by atoms with E-state index in [-0.39, 0.29) is 35.5 Å². The van der Waals surface area contributed by atoms with Crippen molar-refractivity contribution in [2.24, 2.45) is 28.8 Å². The molecule has 148 valence electrons. The molecule has 2 heterocycles. The maximum Gasteiger partial charge on any atom is 0.254 e. The molecule has 1 aromatic carbocycles. The van der Waals surface area contributed by atoms with Gasteiger partial charge in [-0.25, -0.2) is 0 Å². The summed E-state index contributed by atoms with van der Waals surface area (Å²) < 4.78 is 2.92. The molecule has 3 aliphatic rings. The van der Waals surface area contributed by atoms with Gasteiger partial charge in [0.1, 0.15) is 0 Å². The maximum absolute atomic E-state index is 12.8. The van der Waals surface area contributed by atoms with E-state index < -0.39 is 0 Å². The molecule has 0 radical (unpaired) electrons. The van der Waals surface area contributed by atoms with E-state index in [1.807, 2.05) is 38.1 Å². The van der Waals surface area contributed by atoms with Crippen molar-refractivity contribution < 1.29 is 9.59 Å². The molecule has 2 bridgehead atoms. The summed E-state index contributed by atoms with van der Waals surface area (Å²) in [7, 11) is 0. The lowest BCUT2D eigenvalue weighted by atomic mass is 9.85. The first-order valence-electron chi connectivity index (χ1n) is 9.61. The predicted octanol–water partition coefficient (Wildman–Crippen LogP) is 4.65. The Bertz CT molecular complexity index is 1090. The summed E-state index contributed by atoms with van der Waals surface area (Å²) in [6.45, 7) is 3.98. The number of fused-ring (bicyclic) bond motifs is 5. The summed E-state index contributed by atoms with van der Waals surface area (Å²) in [5.41, 5.74) is 3.78. The van der Waals surface area contributed by atoms with E-state index in [0.29, 0.717) is 5.02 Å². The number of aryl methyl sites for hydroxylation is 1. The number of rotatable bonds is 3. The van der Waals surface area contributed by atoms with E-state index in [1.54, 1.807) is 6.21 Å². The Labute approximate surface area is 182 Å². The van der Waals surface area contributed by atoms with Crippen molar-refractivity contribution in [3.63, 3.8) is 0 Å². The highest BCUT2D eigenvalue weighted by molar-refractivity contribution is 9.10. The Morgan fingerprint density at radius 3 is 2.38 bits per heavy atom. The van der Waals surface area contributed by atoms with Crippen LogP contribution in [-0.4, -0.2) is 27.6 Å². The first-order valence-corrected chi connectivity index (χ1v) is 10.8. The Morgan fingerprint density at radius 1 is 1.10 bits per heavy atom. The van der Waals surface area contributed by atoms with E-state index in [0.717, 1.165) is 38.5 Å². The number of halogens is 2. The Morgan fingerprint density at radius 2 is 1.76 bits per heavy atom. The van der Waals surface area contributed by atoms with Crippen LogP contribution in [0, 0.1) is 37.5 Å². The van der Waals surface area contributed by atoms with Crippen molar-refractivity contribution in [1.29, 1.82) is 0 Å². The Kier molecular flexibility index (Phi) is 4.33. The van der Waals surface area contributed by atoms with Gasteiger partial charge in [0.25, 0.3) is 11.8 Å². The summed E-state index contributed by atoms with van der Waals surface area (Å²) in [6, 6.07) is 7.78. The van der Waals surface area contributed by atoms with Gasteiger partial charge in [-0.3, -0.25) is 9.59 Å². The number of carbonyl (C=O) groups is 2. The van der Waals surface area contributed by atoms with Crippen molar-refractivity contribution in [3.05, 3.63) is 62.9 Å². The predicted molar refractivity (Wildman–Crippen MR) is 115 cm³/mol. The molecule has 7 heteroatoms. The third-order valence-electron chi connectivity index (χ3n) is 6.39. The zero-order valence-corrected chi connectivity index (χ0v) is 18.3. The van der Waals surface area contributed by atoms with E-state index >= 15 is 0 Å². The zero-order chi connectivity index (χ0) is 20.4. The number of hydrazone groups is 1. The van der Waals surface area contributed by atoms with Gasteiger partial charge in [-0.1, -0.05) is 23.8 Å². The molecule has 2 aliphatic carbocycles. The van der Waals surface area contributed by atoms with E-state index in [2.05, 4.69) is 37.8 Å². The van der Waals surface area contributed by atoms with E-state index in [1.165, 1.54) is 0 Å². The molecule has 0 N–H and O–H groups in total. The smallest absolute Gasteiger partial charge is 0.254 e. The fourth-order valence-electron chi connectivity index (χ4n) is 5.06. The van der Waals surface area contributed by atoms with Gasteiger partial charge in [0.15, 0.2) is 0 Å². The van der Waals surface area contributed by atoms with E-state index in [9.17, 15) is 9.59 Å². The van der Waals surface area contributed by atoms with Crippen molar-refractivity contribution in [1.82, 2.24) is 9.58 Å². The van der Waals surface area contributed by atoms with Gasteiger partial charge in [0.05, 0.1) is 23.1 Å². The molecule has 5 rings (SSSR count). The molecular formula is C22H19BrClN3O2. The summed E-state index contributed by atoms with van der Waals surface area (Å²) >= 11 is 9.67. The molecule has 1 saturated heterocycles. The molecule has 1 saturated carbocycles. The van der Waals surface area contributed by atoms with Gasteiger partial charge >= 0.3 is 0 Å². The summed E-state index contributed by atoms with van der Waals surface area (Å²) in [6.07, 6.45) is 6.70. The lowest BCUT2D eigenvalue weighted by Gasteiger charge is -2.13. The monoisotopic (exact) mass is 471 g/mol. The minimum Gasteiger partial charge on any atom is -0.318 e. The van der Waals surface area contributed by atoms with Gasteiger partial charge in [-0.05, 0) is 72.3 Å². The summed E-state index contributed by atoms with van der Waals surface area (Å²) in [5.74, 6) is -0.412. The maximum atomic E-state index is 12.8. The summed E-state index contributed by atoms with van der Waals surface area (Å²) in [4.78, 5) is 25.6. The van der Waals surface area contributed by atoms with Crippen LogP contribution in [0.2, 0.25) is 5.02 Å². The van der Waals surface area contributed by atoms with Gasteiger partial charge < -0.3 is 4.57 Å². The SMILES string of the molecule is Cc1cc(C=NN2C(=O)C3C4C=CC(C4)C3C2=O)c(C)n1-c1ccc(Br)c(Cl)c1. The second kappa shape index (κ2) is 6.67. The zero-order valence-electron chi connectivity index (χ0n) is 16.0. The lowest BCUT2D eigenvalue weighted by molar-refractivity contribution is -0.140. The van der Waals surface area contributed by atoms with Gasteiger partial charge in [-0.2, -0.15) is 10.1 Å². The Hall–Kier alpha value is -2.18. The molecule has 4 unspecified atom stereocenters. The highest BCUT2D eigenvalue weighted by Gasteiger charge is 2.59. The highest BCUT2D eigenvalue weighted by Crippen LogP contribution is 2.52. The molecular weight excluding hydrogens is 454 g/mol. The third kappa shape index (κ3) is 2.76. The van der Waals surface area contributed by atoms with Gasteiger partial charge in [0, 0.05) is 27.1 Å². The average Bonchev–Trinajstić information content (AvgIpc) is 3.41. The average molecular weight is 473 g/mol. The summed E-state index contributed by atoms with van der Waals surface area (Å²) in [5, 5.41) is 6.03. The fourth-order valence-corrected chi connectivity index (χ4v) is 5.48. The number of amides is 2. The van der Waals surface area contributed by atoms with Crippen LogP contribution in [0.4, 0.5) is 0 Å². The number of hydrogen-bond acceptors (Lipinski definition) is 3. The van der Waals surface area contributed by atoms with Crippen molar-refractivity contribution in [2.75, 3.05) is 0 Å². The molecule has 0 spiro atoms. The van der Waals surface area contributed by atoms with Crippen LogP contribution in [0.25, 0.3) is 5.69 Å². The molecule has 2 amide bonds. The van der Waals surface area contributed by atoms with Crippen LogP contribution in [-0.2, 0) is 9.59 Å². The first kappa shape index (κ1) is 18.8. The first-order chi connectivity index (χ1) is 13.9. The fraction of sp³-hybridized carbons (Fsp3) is 0.318. The topological polar surface area (TPSA) is 54.7 Å². The third-order valence-corrected chi connectivity index (χ3v) is 7.62. The minimum absolute atomic E-state index is 0.165. The van der Waals surface area contributed by atoms with Crippen molar-refractivity contribution in [2.45, 2.75) is 20.3 Å². The minimum atomic E-state index is -0.230. The number of aromatic nitrogens is 1. The normalized spacial score (nSPS) is 27.7. The lowest BCUT2D eigenvalue weighted by Crippen LogP contribution is -2.28. The number of nitrogens with zero attached hydrogens (tertiary/aromatic N) is 3. The van der Waals surface area contributed by atoms with Crippen molar-refractivity contribution >= 4 is 45.6 Å². The number of hydrogen-bond donors (Lipinski definition) is 0. The molecule has 5 nitrogen and oxygen atoms in total. The molecule has 2 fully saturated rings. The van der Waals surface area contributed by atoms with Crippen LogP contribution in [0.3, 0.4) is 0 Å². The second-order valence-corrected chi connectivity index (χ2v) is 9.25. The van der Waals surface area contributed by atoms with Crippen LogP contribution in [0.1, 0.15) is 23.4 Å². The van der Waals surface area contributed by atoms with Crippen LogP contribution in [0.5, 0.6) is 0 Å². The number of imide groups is 1. The standard InChI is InChI=1S/C22H19BrClN3O2/c1-11-7-15(12(2)26(11)16-5-6-17(23)18(24)9-16)10-25-27-21(28)19-13-3-4-14(8-13)20(19)22(27)29/h3-7,9-10,13-14,19-20H,8H2,1-2H3. The van der Waals surface area contributed by atoms with Crippen molar-refractivity contribution in [3.8, 4) is 5.69 Å². The Balaban J connectivity index is 1.44. The van der Waals surface area contributed by atoms with Gasteiger partial charge in [0.2, 0.25) is 0 Å². The van der Waals surface area contributed by atoms with Crippen LogP contribution < -0.4 is 0 Å². The molecule has 29 heavy (non-hydrogen) atoms. The molecule has 1 aliphatic heterocycles. The van der Waals surface area contributed by atoms with Crippen LogP contribution in [0.15, 0.2) is 46.0 Å². The highest BCUT2D eigenvalue weighted by atomic mass is 79.9. The number of allylic oxidation sites excluding steroid dienone is 2. The second-order valence-electron chi connectivity index (χ2n) is 7.99. The van der Waals surface area contributed by atoms with Gasteiger partial charge in [-0.15, -0.1) is 0 Å². The number of benzene rings is 1. The molecule has 2 aromatic rings.